The molecule has 0 unspecified atom stereocenters. The van der Waals surface area contributed by atoms with Crippen molar-refractivity contribution in [1.29, 1.82) is 0 Å². The highest BCUT2D eigenvalue weighted by Crippen LogP contribution is 2.54. The van der Waals surface area contributed by atoms with E-state index in [1.807, 2.05) is 6.07 Å². The van der Waals surface area contributed by atoms with Gasteiger partial charge in [-0.1, -0.05) is 42.5 Å². The van der Waals surface area contributed by atoms with E-state index in [-0.39, 0.29) is 18.0 Å². The van der Waals surface area contributed by atoms with Crippen molar-refractivity contribution in [3.63, 3.8) is 0 Å². The molecule has 3 saturated heterocycles. The van der Waals surface area contributed by atoms with Crippen LogP contribution in [0.4, 0.5) is 0 Å². The van der Waals surface area contributed by atoms with E-state index in [2.05, 4.69) is 51.6 Å². The predicted octanol–water partition coefficient (Wildman–Crippen LogP) is 2.71. The van der Waals surface area contributed by atoms with Crippen LogP contribution in [-0.4, -0.2) is 65.3 Å². The standard InChI is InChI=1S/C24H27N3O2.CH2O2/c28-23(19-9-12-25-13-10-19)26-15-20-21-16-27(17-24(21)11-8-22(20)29-24)14-4-7-18-5-2-1-3-6-18;2-1-3/h1-7,9-10,12-13,20-22H,8,11,14-17H2,(H,26,28);1H,(H,2,3)/t20-,21+,22+,24+;/m0./s1. The molecule has 1 amide bonds. The monoisotopic (exact) mass is 435 g/mol. The van der Waals surface area contributed by atoms with Gasteiger partial charge in [-0.15, -0.1) is 0 Å². The summed E-state index contributed by atoms with van der Waals surface area (Å²) in [6.45, 7) is 3.43. The fourth-order valence-corrected chi connectivity index (χ4v) is 5.42. The molecule has 0 radical (unpaired) electrons. The van der Waals surface area contributed by atoms with E-state index in [9.17, 15) is 4.79 Å². The number of amides is 1. The van der Waals surface area contributed by atoms with Gasteiger partial charge in [0.05, 0.1) is 11.7 Å². The van der Waals surface area contributed by atoms with Crippen molar-refractivity contribution in [3.8, 4) is 0 Å². The first-order chi connectivity index (χ1) is 15.6. The summed E-state index contributed by atoms with van der Waals surface area (Å²) in [7, 11) is 0. The molecule has 4 atom stereocenters. The van der Waals surface area contributed by atoms with Gasteiger partial charge in [-0.2, -0.15) is 0 Å². The first-order valence-corrected chi connectivity index (χ1v) is 11.0. The Morgan fingerprint density at radius 1 is 1.25 bits per heavy atom. The lowest BCUT2D eigenvalue weighted by Gasteiger charge is -2.29. The number of hydrogen-bond acceptors (Lipinski definition) is 5. The summed E-state index contributed by atoms with van der Waals surface area (Å²) < 4.78 is 6.50. The van der Waals surface area contributed by atoms with Crippen LogP contribution >= 0.6 is 0 Å². The van der Waals surface area contributed by atoms with E-state index in [1.165, 1.54) is 5.56 Å². The second-order valence-corrected chi connectivity index (χ2v) is 8.59. The summed E-state index contributed by atoms with van der Waals surface area (Å²) in [4.78, 5) is 27.3. The second-order valence-electron chi connectivity index (χ2n) is 8.59. The summed E-state index contributed by atoms with van der Waals surface area (Å²) in [5, 5.41) is 10.0. The molecule has 2 bridgehead atoms. The van der Waals surface area contributed by atoms with Crippen LogP contribution in [0.1, 0.15) is 28.8 Å². The minimum Gasteiger partial charge on any atom is -0.483 e. The maximum Gasteiger partial charge on any atom is 0.290 e. The first kappa shape index (κ1) is 22.2. The van der Waals surface area contributed by atoms with Gasteiger partial charge in [-0.3, -0.25) is 19.5 Å². The Morgan fingerprint density at radius 2 is 2.00 bits per heavy atom. The lowest BCUT2D eigenvalue weighted by Crippen LogP contribution is -2.41. The van der Waals surface area contributed by atoms with Crippen LogP contribution in [0.15, 0.2) is 60.9 Å². The third kappa shape index (κ3) is 4.74. The maximum atomic E-state index is 12.4. The Morgan fingerprint density at radius 3 is 2.75 bits per heavy atom. The zero-order chi connectivity index (χ0) is 22.4. The highest BCUT2D eigenvalue weighted by atomic mass is 16.5. The average molecular weight is 436 g/mol. The number of hydrogen-bond donors (Lipinski definition) is 2. The molecule has 4 heterocycles. The number of carbonyl (C=O) groups is 2. The summed E-state index contributed by atoms with van der Waals surface area (Å²) >= 11 is 0. The Bertz CT molecular complexity index is 937. The molecule has 7 heteroatoms. The number of fused-ring (bicyclic) bond motifs is 1. The zero-order valence-corrected chi connectivity index (χ0v) is 18.0. The van der Waals surface area contributed by atoms with Gasteiger partial charge < -0.3 is 15.2 Å². The number of ether oxygens (including phenoxy) is 1. The number of nitrogens with one attached hydrogen (secondary N) is 1. The molecule has 3 aliphatic heterocycles. The van der Waals surface area contributed by atoms with Gasteiger partial charge in [0.1, 0.15) is 0 Å². The molecule has 168 valence electrons. The number of benzene rings is 1. The van der Waals surface area contributed by atoms with Crippen molar-refractivity contribution in [1.82, 2.24) is 15.2 Å². The minimum absolute atomic E-state index is 0.00266. The van der Waals surface area contributed by atoms with Crippen molar-refractivity contribution in [2.24, 2.45) is 11.8 Å². The summed E-state index contributed by atoms with van der Waals surface area (Å²) in [5.41, 5.74) is 1.90. The van der Waals surface area contributed by atoms with E-state index in [0.717, 1.165) is 32.5 Å². The van der Waals surface area contributed by atoms with Crippen LogP contribution in [0.2, 0.25) is 0 Å². The van der Waals surface area contributed by atoms with E-state index in [0.29, 0.717) is 30.0 Å². The van der Waals surface area contributed by atoms with Gasteiger partial charge in [-0.05, 0) is 30.5 Å². The first-order valence-electron chi connectivity index (χ1n) is 11.0. The average Bonchev–Trinajstić information content (AvgIpc) is 3.48. The molecule has 5 rings (SSSR count). The molecular formula is C25H29N3O4. The predicted molar refractivity (Wildman–Crippen MR) is 121 cm³/mol. The number of nitrogens with zero attached hydrogens (tertiary/aromatic N) is 2. The van der Waals surface area contributed by atoms with Crippen LogP contribution in [0.3, 0.4) is 0 Å². The molecule has 32 heavy (non-hydrogen) atoms. The lowest BCUT2D eigenvalue weighted by atomic mass is 9.73. The van der Waals surface area contributed by atoms with Crippen molar-refractivity contribution >= 4 is 18.5 Å². The van der Waals surface area contributed by atoms with Gasteiger partial charge in [0.2, 0.25) is 0 Å². The van der Waals surface area contributed by atoms with Gasteiger partial charge in [0.15, 0.2) is 0 Å². The molecule has 0 saturated carbocycles. The SMILES string of the molecule is O=C(NC[C@H]1[C@H]2CN(CC=Cc3ccccc3)C[C@]23CC[C@H]1O3)c1ccncc1.O=CO. The zero-order valence-electron chi connectivity index (χ0n) is 18.0. The van der Waals surface area contributed by atoms with Gasteiger partial charge >= 0.3 is 0 Å². The second kappa shape index (κ2) is 10.1. The third-order valence-electron chi connectivity index (χ3n) is 6.77. The van der Waals surface area contributed by atoms with Crippen LogP contribution in [0.25, 0.3) is 6.08 Å². The molecule has 0 aliphatic carbocycles. The van der Waals surface area contributed by atoms with E-state index in [4.69, 9.17) is 14.6 Å². The lowest BCUT2D eigenvalue weighted by molar-refractivity contribution is -0.122. The number of pyridine rings is 1. The molecular weight excluding hydrogens is 406 g/mol. The number of rotatable bonds is 6. The highest BCUT2D eigenvalue weighted by Gasteiger charge is 2.62. The van der Waals surface area contributed by atoms with Crippen molar-refractivity contribution in [2.75, 3.05) is 26.2 Å². The Kier molecular flexibility index (Phi) is 6.97. The highest BCUT2D eigenvalue weighted by molar-refractivity contribution is 5.93. The van der Waals surface area contributed by atoms with Crippen molar-refractivity contribution in [2.45, 2.75) is 24.5 Å². The van der Waals surface area contributed by atoms with E-state index >= 15 is 0 Å². The summed E-state index contributed by atoms with van der Waals surface area (Å²) in [6.07, 6.45) is 10.3. The van der Waals surface area contributed by atoms with Crippen LogP contribution < -0.4 is 5.32 Å². The summed E-state index contributed by atoms with van der Waals surface area (Å²) in [6, 6.07) is 13.9. The van der Waals surface area contributed by atoms with Crippen LogP contribution in [-0.2, 0) is 9.53 Å². The molecule has 2 N–H and O–H groups in total. The molecule has 3 aliphatic rings. The van der Waals surface area contributed by atoms with E-state index in [1.54, 1.807) is 24.5 Å². The molecule has 3 fully saturated rings. The van der Waals surface area contributed by atoms with Crippen molar-refractivity contribution < 1.29 is 19.4 Å². The fraction of sp³-hybridized carbons (Fsp3) is 0.400. The van der Waals surface area contributed by atoms with Gasteiger partial charge in [-0.25, -0.2) is 0 Å². The Hall–Kier alpha value is -3.03. The van der Waals surface area contributed by atoms with Crippen LogP contribution in [0.5, 0.6) is 0 Å². The van der Waals surface area contributed by atoms with Gasteiger partial charge in [0, 0.05) is 56.0 Å². The number of carboxylic acid groups (broad SMARTS) is 1. The number of aromatic nitrogens is 1. The van der Waals surface area contributed by atoms with Crippen molar-refractivity contribution in [3.05, 3.63) is 72.1 Å². The van der Waals surface area contributed by atoms with Gasteiger partial charge in [0.25, 0.3) is 12.4 Å². The third-order valence-corrected chi connectivity index (χ3v) is 6.77. The fourth-order valence-electron chi connectivity index (χ4n) is 5.42. The molecule has 1 aromatic carbocycles. The molecule has 1 aromatic heterocycles. The smallest absolute Gasteiger partial charge is 0.290 e. The maximum absolute atomic E-state index is 12.4. The quantitative estimate of drug-likeness (QED) is 0.678. The van der Waals surface area contributed by atoms with E-state index < -0.39 is 0 Å². The number of carbonyl (C=O) groups excluding carboxylic acids is 1. The van der Waals surface area contributed by atoms with Crippen LogP contribution in [0, 0.1) is 11.8 Å². The molecule has 7 nitrogen and oxygen atoms in total. The number of likely N-dealkylation sites (tertiary alicyclic amines) is 1. The normalized spacial score (nSPS) is 28.2. The molecule has 2 aromatic rings. The Labute approximate surface area is 188 Å². The molecule has 1 spiro atoms. The largest absolute Gasteiger partial charge is 0.483 e. The summed E-state index contributed by atoms with van der Waals surface area (Å²) in [5.74, 6) is 0.881. The Balaban J connectivity index is 0.000000775. The topological polar surface area (TPSA) is 91.8 Å². The minimum atomic E-state index is -0.250.